The zero-order valence-corrected chi connectivity index (χ0v) is 12.9. The number of pyridine rings is 1. The largest absolute Gasteiger partial charge is 0.346 e. The van der Waals surface area contributed by atoms with Crippen molar-refractivity contribution in [1.82, 2.24) is 10.3 Å². The van der Waals surface area contributed by atoms with E-state index in [4.69, 9.17) is 0 Å². The molecule has 0 saturated carbocycles. The number of carbonyl (C=O) groups is 1. The second-order valence-corrected chi connectivity index (χ2v) is 6.20. The van der Waals surface area contributed by atoms with Crippen LogP contribution in [0.4, 0.5) is 0 Å². The molecule has 0 atom stereocenters. The van der Waals surface area contributed by atoms with Crippen LogP contribution >= 0.6 is 0 Å². The molecule has 0 aliphatic rings. The minimum absolute atomic E-state index is 0.105. The monoisotopic (exact) mass is 282 g/mol. The fourth-order valence-electron chi connectivity index (χ4n) is 2.17. The third-order valence-electron chi connectivity index (χ3n) is 3.12. The minimum Gasteiger partial charge on any atom is -0.346 e. The molecule has 0 bridgehead atoms. The standard InChI is InChI=1S/C18H22N2O/c1-18(2,3)20-17(21)16-15(10-7-13-19-16)12-11-14-8-5-4-6-9-14/h4-10,13H,11-12H2,1-3H3,(H,20,21). The average molecular weight is 282 g/mol. The summed E-state index contributed by atoms with van der Waals surface area (Å²) in [6.07, 6.45) is 3.39. The number of amides is 1. The second kappa shape index (κ2) is 6.53. The molecule has 21 heavy (non-hydrogen) atoms. The van der Waals surface area contributed by atoms with E-state index in [1.54, 1.807) is 6.20 Å². The van der Waals surface area contributed by atoms with Crippen LogP contribution in [0.25, 0.3) is 0 Å². The summed E-state index contributed by atoms with van der Waals surface area (Å²) in [5.74, 6) is -0.105. The number of nitrogens with zero attached hydrogens (tertiary/aromatic N) is 1. The topological polar surface area (TPSA) is 42.0 Å². The van der Waals surface area contributed by atoms with E-state index in [9.17, 15) is 4.79 Å². The van der Waals surface area contributed by atoms with Crippen LogP contribution in [-0.2, 0) is 12.8 Å². The van der Waals surface area contributed by atoms with Gasteiger partial charge in [0.2, 0.25) is 0 Å². The van der Waals surface area contributed by atoms with Crippen LogP contribution in [0.1, 0.15) is 42.4 Å². The van der Waals surface area contributed by atoms with Gasteiger partial charge >= 0.3 is 0 Å². The molecule has 110 valence electrons. The Kier molecular flexibility index (Phi) is 4.73. The minimum atomic E-state index is -0.259. The van der Waals surface area contributed by atoms with E-state index >= 15 is 0 Å². The van der Waals surface area contributed by atoms with E-state index < -0.39 is 0 Å². The number of aryl methyl sites for hydroxylation is 2. The molecule has 3 heteroatoms. The molecular formula is C18H22N2O. The van der Waals surface area contributed by atoms with Gasteiger partial charge in [-0.3, -0.25) is 9.78 Å². The summed E-state index contributed by atoms with van der Waals surface area (Å²) in [6.45, 7) is 5.91. The molecule has 2 aromatic rings. The van der Waals surface area contributed by atoms with Gasteiger partial charge in [0.1, 0.15) is 5.69 Å². The SMILES string of the molecule is CC(C)(C)NC(=O)c1ncccc1CCc1ccccc1. The molecule has 0 fully saturated rings. The molecule has 1 heterocycles. The predicted octanol–water partition coefficient (Wildman–Crippen LogP) is 3.40. The Morgan fingerprint density at radius 2 is 1.76 bits per heavy atom. The first kappa shape index (κ1) is 15.2. The Labute approximate surface area is 126 Å². The van der Waals surface area contributed by atoms with E-state index in [-0.39, 0.29) is 11.4 Å². The quantitative estimate of drug-likeness (QED) is 0.934. The van der Waals surface area contributed by atoms with Crippen molar-refractivity contribution in [2.24, 2.45) is 0 Å². The van der Waals surface area contributed by atoms with Crippen LogP contribution in [-0.4, -0.2) is 16.4 Å². The van der Waals surface area contributed by atoms with Crippen molar-refractivity contribution < 1.29 is 4.79 Å². The van der Waals surface area contributed by atoms with Gasteiger partial charge in [-0.1, -0.05) is 36.4 Å². The normalized spacial score (nSPS) is 11.2. The van der Waals surface area contributed by atoms with Crippen molar-refractivity contribution in [3.63, 3.8) is 0 Å². The van der Waals surface area contributed by atoms with Gasteiger partial charge in [0.15, 0.2) is 0 Å². The summed E-state index contributed by atoms with van der Waals surface area (Å²) in [5, 5.41) is 2.97. The van der Waals surface area contributed by atoms with Gasteiger partial charge in [-0.15, -0.1) is 0 Å². The summed E-state index contributed by atoms with van der Waals surface area (Å²) in [4.78, 5) is 16.6. The number of hydrogen-bond donors (Lipinski definition) is 1. The molecule has 1 aromatic carbocycles. The highest BCUT2D eigenvalue weighted by atomic mass is 16.2. The van der Waals surface area contributed by atoms with E-state index in [2.05, 4.69) is 22.4 Å². The second-order valence-electron chi connectivity index (χ2n) is 6.20. The van der Waals surface area contributed by atoms with Crippen molar-refractivity contribution in [3.8, 4) is 0 Å². The van der Waals surface area contributed by atoms with Crippen LogP contribution in [0, 0.1) is 0 Å². The third kappa shape index (κ3) is 4.71. The molecule has 1 aromatic heterocycles. The maximum absolute atomic E-state index is 12.3. The molecule has 0 spiro atoms. The maximum atomic E-state index is 12.3. The van der Waals surface area contributed by atoms with E-state index in [1.165, 1.54) is 5.56 Å². The van der Waals surface area contributed by atoms with Gasteiger partial charge < -0.3 is 5.32 Å². The van der Waals surface area contributed by atoms with E-state index in [0.29, 0.717) is 5.69 Å². The first-order chi connectivity index (χ1) is 9.96. The van der Waals surface area contributed by atoms with Gasteiger partial charge in [0, 0.05) is 11.7 Å². The summed E-state index contributed by atoms with van der Waals surface area (Å²) in [5.41, 5.74) is 2.53. The Bertz CT molecular complexity index is 600. The van der Waals surface area contributed by atoms with E-state index in [1.807, 2.05) is 51.1 Å². The summed E-state index contributed by atoms with van der Waals surface area (Å²) in [6, 6.07) is 14.1. The third-order valence-corrected chi connectivity index (χ3v) is 3.12. The molecule has 0 unspecified atom stereocenters. The molecule has 2 rings (SSSR count). The highest BCUT2D eigenvalue weighted by Crippen LogP contribution is 2.12. The zero-order valence-electron chi connectivity index (χ0n) is 12.9. The smallest absolute Gasteiger partial charge is 0.270 e. The predicted molar refractivity (Wildman–Crippen MR) is 85.3 cm³/mol. The highest BCUT2D eigenvalue weighted by Gasteiger charge is 2.18. The van der Waals surface area contributed by atoms with Gasteiger partial charge in [-0.05, 0) is 50.8 Å². The van der Waals surface area contributed by atoms with Crippen LogP contribution in [0.3, 0.4) is 0 Å². The lowest BCUT2D eigenvalue weighted by Crippen LogP contribution is -2.41. The number of rotatable bonds is 4. The number of nitrogens with one attached hydrogen (secondary N) is 1. The van der Waals surface area contributed by atoms with Gasteiger partial charge in [-0.2, -0.15) is 0 Å². The molecule has 0 aliphatic carbocycles. The Morgan fingerprint density at radius 1 is 1.05 bits per heavy atom. The number of benzene rings is 1. The van der Waals surface area contributed by atoms with Gasteiger partial charge in [-0.25, -0.2) is 0 Å². The van der Waals surface area contributed by atoms with Crippen LogP contribution in [0.15, 0.2) is 48.7 Å². The van der Waals surface area contributed by atoms with Crippen LogP contribution in [0.2, 0.25) is 0 Å². The summed E-state index contributed by atoms with van der Waals surface area (Å²) in [7, 11) is 0. The lowest BCUT2D eigenvalue weighted by molar-refractivity contribution is 0.0913. The van der Waals surface area contributed by atoms with Crippen molar-refractivity contribution in [2.75, 3.05) is 0 Å². The number of aromatic nitrogens is 1. The fraction of sp³-hybridized carbons (Fsp3) is 0.333. The van der Waals surface area contributed by atoms with Crippen molar-refractivity contribution in [2.45, 2.75) is 39.2 Å². The molecule has 1 N–H and O–H groups in total. The first-order valence-corrected chi connectivity index (χ1v) is 7.26. The molecule has 0 saturated heterocycles. The molecular weight excluding hydrogens is 260 g/mol. The average Bonchev–Trinajstić information content (AvgIpc) is 2.45. The van der Waals surface area contributed by atoms with Crippen LogP contribution < -0.4 is 5.32 Å². The zero-order chi connectivity index (χ0) is 15.3. The number of hydrogen-bond acceptors (Lipinski definition) is 2. The molecule has 0 aliphatic heterocycles. The molecule has 1 amide bonds. The number of carbonyl (C=O) groups excluding carboxylic acids is 1. The summed E-state index contributed by atoms with van der Waals surface area (Å²) < 4.78 is 0. The lowest BCUT2D eigenvalue weighted by Gasteiger charge is -2.21. The molecule has 3 nitrogen and oxygen atoms in total. The Hall–Kier alpha value is -2.16. The van der Waals surface area contributed by atoms with Gasteiger partial charge in [0.05, 0.1) is 0 Å². The van der Waals surface area contributed by atoms with E-state index in [0.717, 1.165) is 18.4 Å². The van der Waals surface area contributed by atoms with Gasteiger partial charge in [0.25, 0.3) is 5.91 Å². The van der Waals surface area contributed by atoms with Crippen molar-refractivity contribution in [1.29, 1.82) is 0 Å². The van der Waals surface area contributed by atoms with Crippen LogP contribution in [0.5, 0.6) is 0 Å². The first-order valence-electron chi connectivity index (χ1n) is 7.26. The summed E-state index contributed by atoms with van der Waals surface area (Å²) >= 11 is 0. The lowest BCUT2D eigenvalue weighted by atomic mass is 10.0. The van der Waals surface area contributed by atoms with Crippen molar-refractivity contribution >= 4 is 5.91 Å². The Morgan fingerprint density at radius 3 is 2.43 bits per heavy atom. The molecule has 0 radical (unpaired) electrons. The fourth-order valence-corrected chi connectivity index (χ4v) is 2.17. The Balaban J connectivity index is 2.12. The maximum Gasteiger partial charge on any atom is 0.270 e. The van der Waals surface area contributed by atoms with Crippen molar-refractivity contribution in [3.05, 3.63) is 65.5 Å². The highest BCUT2D eigenvalue weighted by molar-refractivity contribution is 5.94.